The average Bonchev–Trinajstić information content (AvgIpc) is 3.38. The lowest BCUT2D eigenvalue weighted by Crippen LogP contribution is -2.45. The molecule has 6 nitrogen and oxygen atoms in total. The van der Waals surface area contributed by atoms with Gasteiger partial charge in [0, 0.05) is 12.8 Å². The fraction of sp³-hybridized carbons (Fsp3) is 0.909. The first-order chi connectivity index (χ1) is 35.5. The number of rotatable bonds is 61. The van der Waals surface area contributed by atoms with E-state index >= 15 is 0 Å². The Kier molecular flexibility index (Phi) is 60.5. The SMILES string of the molecule is CCCCCCCCCCCCCCCCCCCCC/C=C/C(O)C(CO)NC(=O)CCCCCCC/C=C\CCCCCCCCCCCOC(=O)CCCCCCCCCCCCCCCCCC. The van der Waals surface area contributed by atoms with Gasteiger partial charge in [-0.05, 0) is 57.8 Å². The van der Waals surface area contributed by atoms with Gasteiger partial charge in [0.15, 0.2) is 0 Å². The van der Waals surface area contributed by atoms with Gasteiger partial charge in [0.1, 0.15) is 0 Å². The molecule has 2 unspecified atom stereocenters. The number of carbonyl (C=O) groups excluding carboxylic acids is 2. The molecule has 0 aromatic rings. The second kappa shape index (κ2) is 61.9. The molecule has 0 rings (SSSR count). The van der Waals surface area contributed by atoms with Gasteiger partial charge in [0.05, 0.1) is 25.4 Å². The summed E-state index contributed by atoms with van der Waals surface area (Å²) in [7, 11) is 0. The highest BCUT2D eigenvalue weighted by molar-refractivity contribution is 5.76. The predicted octanol–water partition coefficient (Wildman–Crippen LogP) is 20.6. The van der Waals surface area contributed by atoms with Crippen LogP contribution in [0, 0.1) is 0 Å². The van der Waals surface area contributed by atoms with E-state index in [1.54, 1.807) is 6.08 Å². The highest BCUT2D eigenvalue weighted by Crippen LogP contribution is 2.18. The minimum Gasteiger partial charge on any atom is -0.466 e. The molecule has 0 heterocycles. The van der Waals surface area contributed by atoms with Gasteiger partial charge in [-0.3, -0.25) is 9.59 Å². The Balaban J connectivity index is 3.46. The molecule has 2 atom stereocenters. The summed E-state index contributed by atoms with van der Waals surface area (Å²) in [6, 6.07) is -0.639. The van der Waals surface area contributed by atoms with Crippen LogP contribution in [0.1, 0.15) is 361 Å². The number of hydrogen-bond acceptors (Lipinski definition) is 5. The average molecular weight is 1010 g/mol. The largest absolute Gasteiger partial charge is 0.466 e. The van der Waals surface area contributed by atoms with Gasteiger partial charge in [0.25, 0.3) is 0 Å². The molecule has 0 aliphatic carbocycles. The fourth-order valence-corrected chi connectivity index (χ4v) is 10.2. The van der Waals surface area contributed by atoms with E-state index in [9.17, 15) is 19.8 Å². The first-order valence-corrected chi connectivity index (χ1v) is 32.6. The maximum atomic E-state index is 12.5. The van der Waals surface area contributed by atoms with Crippen LogP contribution in [-0.2, 0) is 14.3 Å². The lowest BCUT2D eigenvalue weighted by atomic mass is 10.0. The van der Waals surface area contributed by atoms with Crippen molar-refractivity contribution in [3.8, 4) is 0 Å². The Labute approximate surface area is 450 Å². The van der Waals surface area contributed by atoms with Gasteiger partial charge in [-0.25, -0.2) is 0 Å². The number of esters is 1. The molecule has 0 spiro atoms. The topological polar surface area (TPSA) is 95.9 Å². The van der Waals surface area contributed by atoms with Crippen LogP contribution < -0.4 is 5.32 Å². The van der Waals surface area contributed by atoms with E-state index in [1.165, 1.54) is 276 Å². The lowest BCUT2D eigenvalue weighted by molar-refractivity contribution is -0.143. The molecule has 1 amide bonds. The molecule has 0 bridgehead atoms. The summed E-state index contributed by atoms with van der Waals surface area (Å²) in [5.74, 6) is -0.0726. The number of ether oxygens (including phenoxy) is 1. The van der Waals surface area contributed by atoms with Crippen LogP contribution in [0.25, 0.3) is 0 Å². The van der Waals surface area contributed by atoms with E-state index in [0.29, 0.717) is 19.4 Å². The third-order valence-corrected chi connectivity index (χ3v) is 15.2. The number of hydrogen-bond donors (Lipinski definition) is 3. The zero-order chi connectivity index (χ0) is 52.2. The molecular formula is C66H127NO5. The molecule has 3 N–H and O–H groups in total. The maximum absolute atomic E-state index is 12.5. The number of allylic oxidation sites excluding steroid dienone is 3. The first-order valence-electron chi connectivity index (χ1n) is 32.6. The van der Waals surface area contributed by atoms with Crippen LogP contribution in [0.5, 0.6) is 0 Å². The van der Waals surface area contributed by atoms with Crippen LogP contribution in [-0.4, -0.2) is 47.4 Å². The summed E-state index contributed by atoms with van der Waals surface area (Å²) < 4.78 is 5.49. The Morgan fingerprint density at radius 2 is 0.653 bits per heavy atom. The third kappa shape index (κ3) is 57.6. The van der Waals surface area contributed by atoms with Crippen molar-refractivity contribution in [2.75, 3.05) is 13.2 Å². The van der Waals surface area contributed by atoms with Gasteiger partial charge in [-0.2, -0.15) is 0 Å². The Hall–Kier alpha value is -1.66. The quantitative estimate of drug-likeness (QED) is 0.0320. The second-order valence-electron chi connectivity index (χ2n) is 22.5. The molecule has 0 aliphatic rings. The van der Waals surface area contributed by atoms with Gasteiger partial charge < -0.3 is 20.3 Å². The molecule has 0 radical (unpaired) electrons. The number of aliphatic hydroxyl groups excluding tert-OH is 2. The van der Waals surface area contributed by atoms with Gasteiger partial charge in [-0.1, -0.05) is 314 Å². The van der Waals surface area contributed by atoms with E-state index in [4.69, 9.17) is 4.74 Å². The van der Waals surface area contributed by atoms with E-state index < -0.39 is 12.1 Å². The van der Waals surface area contributed by atoms with E-state index in [-0.39, 0.29) is 18.5 Å². The highest BCUT2D eigenvalue weighted by atomic mass is 16.5. The zero-order valence-corrected chi connectivity index (χ0v) is 48.7. The van der Waals surface area contributed by atoms with Crippen molar-refractivity contribution >= 4 is 11.9 Å². The molecule has 6 heteroatoms. The number of carbonyl (C=O) groups is 2. The molecule has 72 heavy (non-hydrogen) atoms. The van der Waals surface area contributed by atoms with Gasteiger partial charge in [0.2, 0.25) is 5.91 Å². The molecule has 0 saturated carbocycles. The molecule has 0 saturated heterocycles. The molecular weight excluding hydrogens is 887 g/mol. The van der Waals surface area contributed by atoms with Gasteiger partial charge >= 0.3 is 5.97 Å². The summed E-state index contributed by atoms with van der Waals surface area (Å²) in [5.41, 5.74) is 0. The maximum Gasteiger partial charge on any atom is 0.305 e. The Morgan fingerprint density at radius 3 is 0.986 bits per heavy atom. The van der Waals surface area contributed by atoms with Gasteiger partial charge in [-0.15, -0.1) is 0 Å². The smallest absolute Gasteiger partial charge is 0.305 e. The first kappa shape index (κ1) is 70.3. The monoisotopic (exact) mass is 1010 g/mol. The predicted molar refractivity (Wildman–Crippen MR) is 315 cm³/mol. The number of unbranched alkanes of at least 4 members (excludes halogenated alkanes) is 48. The molecule has 0 aliphatic heterocycles. The van der Waals surface area contributed by atoms with Crippen LogP contribution in [0.3, 0.4) is 0 Å². The van der Waals surface area contributed by atoms with Crippen LogP contribution in [0.2, 0.25) is 0 Å². The Morgan fingerprint density at radius 1 is 0.375 bits per heavy atom. The van der Waals surface area contributed by atoms with Crippen molar-refractivity contribution in [1.82, 2.24) is 5.32 Å². The van der Waals surface area contributed by atoms with Crippen LogP contribution in [0.4, 0.5) is 0 Å². The van der Waals surface area contributed by atoms with E-state index in [1.807, 2.05) is 6.08 Å². The van der Waals surface area contributed by atoms with Crippen molar-refractivity contribution in [2.45, 2.75) is 373 Å². The zero-order valence-electron chi connectivity index (χ0n) is 48.7. The minimum absolute atomic E-state index is 0.00627. The Bertz CT molecular complexity index is 1120. The standard InChI is InChI=1S/C66H127NO5/c1-3-5-7-9-11-13-15-17-19-21-22-23-24-27-30-34-38-42-46-50-54-58-64(69)63(62-68)67-65(70)59-55-51-47-43-39-35-31-28-25-26-29-33-37-41-45-49-53-57-61-72-66(71)60-56-52-48-44-40-36-32-20-18-16-14-12-10-8-6-4-2/h28,31,54,58,63-64,68-69H,3-27,29-30,32-53,55-57,59-62H2,1-2H3,(H,67,70)/b31-28-,58-54+. The van der Waals surface area contributed by atoms with Crippen LogP contribution >= 0.6 is 0 Å². The summed E-state index contributed by atoms with van der Waals surface area (Å²) in [6.45, 7) is 4.92. The summed E-state index contributed by atoms with van der Waals surface area (Å²) in [5, 5.41) is 23.2. The van der Waals surface area contributed by atoms with Crippen molar-refractivity contribution in [3.63, 3.8) is 0 Å². The highest BCUT2D eigenvalue weighted by Gasteiger charge is 2.18. The summed E-state index contributed by atoms with van der Waals surface area (Å²) in [4.78, 5) is 24.6. The normalized spacial score (nSPS) is 12.7. The fourth-order valence-electron chi connectivity index (χ4n) is 10.2. The lowest BCUT2D eigenvalue weighted by Gasteiger charge is -2.20. The van der Waals surface area contributed by atoms with Crippen molar-refractivity contribution < 1.29 is 24.5 Å². The molecule has 0 fully saturated rings. The number of nitrogens with one attached hydrogen (secondary N) is 1. The number of aliphatic hydroxyl groups is 2. The van der Waals surface area contributed by atoms with Crippen molar-refractivity contribution in [1.29, 1.82) is 0 Å². The second-order valence-corrected chi connectivity index (χ2v) is 22.5. The minimum atomic E-state index is -0.854. The summed E-state index contributed by atoms with van der Waals surface area (Å²) in [6.07, 6.45) is 76.5. The molecule has 0 aromatic carbocycles. The van der Waals surface area contributed by atoms with E-state index in [2.05, 4.69) is 31.3 Å². The molecule has 0 aromatic heterocycles. The number of amides is 1. The van der Waals surface area contributed by atoms with Crippen molar-refractivity contribution in [2.24, 2.45) is 0 Å². The third-order valence-electron chi connectivity index (χ3n) is 15.2. The van der Waals surface area contributed by atoms with E-state index in [0.717, 1.165) is 57.8 Å². The molecule has 426 valence electrons. The van der Waals surface area contributed by atoms with Crippen LogP contribution in [0.15, 0.2) is 24.3 Å². The summed E-state index contributed by atoms with van der Waals surface area (Å²) >= 11 is 0. The van der Waals surface area contributed by atoms with Crippen molar-refractivity contribution in [3.05, 3.63) is 24.3 Å².